The van der Waals surface area contributed by atoms with Crippen LogP contribution in [0.3, 0.4) is 0 Å². The summed E-state index contributed by atoms with van der Waals surface area (Å²) in [7, 11) is 0. The third-order valence-corrected chi connectivity index (χ3v) is 3.68. The predicted molar refractivity (Wildman–Crippen MR) is 84.1 cm³/mol. The molecule has 0 amide bonds. The number of halogens is 1. The van der Waals surface area contributed by atoms with E-state index in [0.717, 1.165) is 0 Å². The highest BCUT2D eigenvalue weighted by Crippen LogP contribution is 2.27. The average Bonchev–Trinajstić information content (AvgIpc) is 2.93. The van der Waals surface area contributed by atoms with Gasteiger partial charge in [-0.05, 0) is 0 Å². The Morgan fingerprint density at radius 3 is 2.33 bits per heavy atom. The van der Waals surface area contributed by atoms with Gasteiger partial charge in [0, 0.05) is 6.42 Å². The van der Waals surface area contributed by atoms with Crippen LogP contribution in [0.2, 0.25) is 0 Å². The molecule has 0 radical (unpaired) electrons. The van der Waals surface area contributed by atoms with Crippen LogP contribution in [-0.2, 0) is 9.53 Å². The van der Waals surface area contributed by atoms with Gasteiger partial charge in [-0.25, -0.2) is 4.79 Å². The lowest BCUT2D eigenvalue weighted by molar-refractivity contribution is -0.111. The zero-order valence-electron chi connectivity index (χ0n) is 13.9. The predicted octanol–water partition coefficient (Wildman–Crippen LogP) is -4.42. The molecule has 154 valence electrons. The molecule has 2 heterocycles. The molecule has 2 rings (SSSR count). The molecule has 0 saturated carbocycles. The largest absolute Gasteiger partial charge is 0.394 e. The Morgan fingerprint density at radius 2 is 1.85 bits per heavy atom. The third-order valence-electron chi connectivity index (χ3n) is 3.68. The molecule has 13 heteroatoms. The van der Waals surface area contributed by atoms with E-state index in [2.05, 4.69) is 0 Å². The van der Waals surface area contributed by atoms with Crippen LogP contribution in [0.4, 0.5) is 4.39 Å². The SMILES string of the molecule is O=CC[C@H](O)[C@H](O)CO.O=c1[nH]c(=O)n([C@@H]2O[C@H](CO)[C@@H](O)[C@H]2O)cc1F. The molecule has 12 nitrogen and oxygen atoms in total. The Morgan fingerprint density at radius 1 is 1.22 bits per heavy atom. The van der Waals surface area contributed by atoms with E-state index in [-0.39, 0.29) is 6.42 Å². The number of aromatic amines is 1. The number of ether oxygens (including phenoxy) is 1. The van der Waals surface area contributed by atoms with Gasteiger partial charge in [0.1, 0.15) is 30.7 Å². The second-order valence-electron chi connectivity index (χ2n) is 5.59. The van der Waals surface area contributed by atoms with E-state index in [0.29, 0.717) is 17.1 Å². The van der Waals surface area contributed by atoms with E-state index in [9.17, 15) is 29.0 Å². The molecule has 1 saturated heterocycles. The van der Waals surface area contributed by atoms with E-state index in [4.69, 9.17) is 25.2 Å². The van der Waals surface area contributed by atoms with Crippen LogP contribution >= 0.6 is 0 Å². The molecule has 0 spiro atoms. The van der Waals surface area contributed by atoms with Crippen molar-refractivity contribution in [2.45, 2.75) is 43.2 Å². The maximum absolute atomic E-state index is 13.1. The van der Waals surface area contributed by atoms with Gasteiger partial charge < -0.3 is 40.2 Å². The lowest BCUT2D eigenvalue weighted by atomic mass is 10.1. The molecule has 0 unspecified atom stereocenters. The van der Waals surface area contributed by atoms with Crippen molar-refractivity contribution in [3.63, 3.8) is 0 Å². The molecule has 7 N–H and O–H groups in total. The number of aliphatic hydroxyl groups is 6. The van der Waals surface area contributed by atoms with E-state index in [1.807, 2.05) is 0 Å². The summed E-state index contributed by atoms with van der Waals surface area (Å²) in [4.78, 5) is 33.6. The Bertz CT molecular complexity index is 723. The lowest BCUT2D eigenvalue weighted by Crippen LogP contribution is -2.38. The van der Waals surface area contributed by atoms with Gasteiger partial charge in [0.25, 0.3) is 5.56 Å². The quantitative estimate of drug-likeness (QED) is 0.230. The van der Waals surface area contributed by atoms with Crippen LogP contribution in [0, 0.1) is 5.82 Å². The van der Waals surface area contributed by atoms with Crippen LogP contribution in [0.25, 0.3) is 0 Å². The van der Waals surface area contributed by atoms with Crippen molar-refractivity contribution in [3.8, 4) is 0 Å². The summed E-state index contributed by atoms with van der Waals surface area (Å²) in [6, 6.07) is 0. The smallest absolute Gasteiger partial charge is 0.330 e. The maximum Gasteiger partial charge on any atom is 0.330 e. The van der Waals surface area contributed by atoms with Crippen molar-refractivity contribution < 1.29 is 44.6 Å². The first-order chi connectivity index (χ1) is 12.7. The van der Waals surface area contributed by atoms with Gasteiger partial charge >= 0.3 is 5.69 Å². The van der Waals surface area contributed by atoms with Gasteiger partial charge in [-0.15, -0.1) is 0 Å². The number of carbonyl (C=O) groups excluding carboxylic acids is 1. The summed E-state index contributed by atoms with van der Waals surface area (Å²) in [5.74, 6) is -1.23. The minimum absolute atomic E-state index is 0.137. The molecule has 27 heavy (non-hydrogen) atoms. The van der Waals surface area contributed by atoms with Gasteiger partial charge in [-0.1, -0.05) is 0 Å². The van der Waals surface area contributed by atoms with E-state index < -0.39 is 67.0 Å². The number of carbonyl (C=O) groups is 1. The molecule has 0 aromatic carbocycles. The van der Waals surface area contributed by atoms with Crippen molar-refractivity contribution in [3.05, 3.63) is 32.9 Å². The second-order valence-corrected chi connectivity index (χ2v) is 5.59. The van der Waals surface area contributed by atoms with Crippen LogP contribution < -0.4 is 11.2 Å². The molecular formula is C14H21FN2O10. The summed E-state index contributed by atoms with van der Waals surface area (Å²) in [6.45, 7) is -1.09. The Kier molecular flexibility index (Phi) is 8.84. The number of rotatable bonds is 6. The average molecular weight is 396 g/mol. The summed E-state index contributed by atoms with van der Waals surface area (Å²) in [6.07, 6.45) is -6.81. The summed E-state index contributed by atoms with van der Waals surface area (Å²) < 4.78 is 18.7. The van der Waals surface area contributed by atoms with Crippen molar-refractivity contribution in [2.24, 2.45) is 0 Å². The summed E-state index contributed by atoms with van der Waals surface area (Å²) >= 11 is 0. The highest BCUT2D eigenvalue weighted by atomic mass is 19.1. The molecule has 6 atom stereocenters. The number of aldehydes is 1. The van der Waals surface area contributed by atoms with E-state index in [1.54, 1.807) is 4.98 Å². The van der Waals surface area contributed by atoms with Gasteiger partial charge in [-0.3, -0.25) is 14.3 Å². The highest BCUT2D eigenvalue weighted by molar-refractivity contribution is 5.50. The molecule has 1 fully saturated rings. The molecule has 1 aliphatic rings. The van der Waals surface area contributed by atoms with Gasteiger partial charge in [0.05, 0.1) is 25.5 Å². The van der Waals surface area contributed by atoms with Crippen molar-refractivity contribution >= 4 is 6.29 Å². The molecular weight excluding hydrogens is 375 g/mol. The zero-order valence-corrected chi connectivity index (χ0v) is 13.9. The molecule has 1 aromatic rings. The van der Waals surface area contributed by atoms with Crippen molar-refractivity contribution in [2.75, 3.05) is 13.2 Å². The lowest BCUT2D eigenvalue weighted by Gasteiger charge is -2.16. The fourth-order valence-electron chi connectivity index (χ4n) is 2.14. The fraction of sp³-hybridized carbons (Fsp3) is 0.643. The van der Waals surface area contributed by atoms with Gasteiger partial charge in [-0.2, -0.15) is 4.39 Å². The standard InChI is InChI=1S/C9H11FN2O6.C5H10O4/c10-3-1-12(9(17)11-7(3)16)8-6(15)5(14)4(2-13)18-8;6-2-1-4(8)5(9)3-7/h1,4-6,8,13-15H,2H2,(H,11,16,17);2,4-5,7-9H,1,3H2/t4-,5-,6-,8-;4-,5+/m10/s1. The first-order valence-corrected chi connectivity index (χ1v) is 7.71. The number of hydrogen-bond donors (Lipinski definition) is 7. The maximum atomic E-state index is 13.1. The number of aliphatic hydroxyl groups excluding tert-OH is 6. The Labute approximate surface area is 150 Å². The number of nitrogens with one attached hydrogen (secondary N) is 1. The van der Waals surface area contributed by atoms with Crippen molar-refractivity contribution in [1.29, 1.82) is 0 Å². The summed E-state index contributed by atoms with van der Waals surface area (Å²) in [5, 5.41) is 53.5. The van der Waals surface area contributed by atoms with Crippen LogP contribution in [0.1, 0.15) is 12.6 Å². The first kappa shape index (κ1) is 23.0. The normalized spacial score (nSPS) is 26.8. The Balaban J connectivity index is 0.000000345. The fourth-order valence-corrected chi connectivity index (χ4v) is 2.14. The van der Waals surface area contributed by atoms with E-state index in [1.165, 1.54) is 0 Å². The number of aromatic nitrogens is 2. The van der Waals surface area contributed by atoms with Crippen molar-refractivity contribution in [1.82, 2.24) is 9.55 Å². The summed E-state index contributed by atoms with van der Waals surface area (Å²) in [5.41, 5.74) is -2.18. The Hall–Kier alpha value is -2.00. The number of nitrogens with zero attached hydrogens (tertiary/aromatic N) is 1. The molecule has 0 bridgehead atoms. The van der Waals surface area contributed by atoms with Crippen LogP contribution in [0.5, 0.6) is 0 Å². The number of H-pyrrole nitrogens is 1. The van der Waals surface area contributed by atoms with Crippen LogP contribution in [-0.4, -0.2) is 90.2 Å². The molecule has 1 aliphatic heterocycles. The minimum atomic E-state index is -1.52. The minimum Gasteiger partial charge on any atom is -0.394 e. The molecule has 0 aliphatic carbocycles. The monoisotopic (exact) mass is 396 g/mol. The molecule has 1 aromatic heterocycles. The highest BCUT2D eigenvalue weighted by Gasteiger charge is 2.43. The zero-order chi connectivity index (χ0) is 20.7. The number of hydrogen-bond acceptors (Lipinski definition) is 10. The first-order valence-electron chi connectivity index (χ1n) is 7.71. The van der Waals surface area contributed by atoms with Gasteiger partial charge in [0.15, 0.2) is 6.23 Å². The topological polar surface area (TPSA) is 203 Å². The van der Waals surface area contributed by atoms with Gasteiger partial charge in [0.2, 0.25) is 5.82 Å². The van der Waals surface area contributed by atoms with E-state index >= 15 is 0 Å². The third kappa shape index (κ3) is 5.74. The second kappa shape index (κ2) is 10.4. The van der Waals surface area contributed by atoms with Crippen LogP contribution in [0.15, 0.2) is 15.8 Å².